The van der Waals surface area contributed by atoms with Crippen molar-refractivity contribution in [2.24, 2.45) is 0 Å². The Labute approximate surface area is 232 Å². The number of carbonyl (C=O) groups excluding carboxylic acids is 1. The molecule has 0 spiro atoms. The highest BCUT2D eigenvalue weighted by Crippen LogP contribution is 2.56. The molecule has 194 valence electrons. The first-order chi connectivity index (χ1) is 17.6. The first-order valence-electron chi connectivity index (χ1n) is 12.3. The maximum Gasteiger partial charge on any atom is 0.340 e. The number of cyclic esters (lactones) is 1. The van der Waals surface area contributed by atoms with Gasteiger partial charge in [0.15, 0.2) is 5.60 Å². The summed E-state index contributed by atoms with van der Waals surface area (Å²) in [6.07, 6.45) is 2.03. The van der Waals surface area contributed by atoms with Crippen molar-refractivity contribution >= 4 is 43.8 Å². The standard InChI is InChI=1S/C29H28Br2O6/c1-5-14-12-21(32)17(7-3)25(30)23(14)29(24-15(6-2)13-22(33)18(8-4)26(24)31)20-11-16(27(34)35)9-10-19(20)28(36)37-29/h9-13,32-33H,5-8H2,1-4H3,(H,34,35). The lowest BCUT2D eigenvalue weighted by Gasteiger charge is -2.36. The number of fused-ring (bicyclic) bond motifs is 1. The molecule has 3 N–H and O–H groups in total. The quantitative estimate of drug-likeness (QED) is 0.242. The van der Waals surface area contributed by atoms with E-state index in [2.05, 4.69) is 31.9 Å². The third-order valence-corrected chi connectivity index (χ3v) is 8.89. The normalized spacial score (nSPS) is 13.9. The molecule has 3 aromatic rings. The number of carboxylic acids is 1. The molecule has 0 radical (unpaired) electrons. The van der Waals surface area contributed by atoms with Gasteiger partial charge in [0.2, 0.25) is 0 Å². The van der Waals surface area contributed by atoms with Crippen LogP contribution in [-0.2, 0) is 36.0 Å². The number of phenolic OH excluding ortho intramolecular Hbond substituents is 2. The second kappa shape index (κ2) is 10.1. The van der Waals surface area contributed by atoms with E-state index < -0.39 is 17.5 Å². The molecule has 1 aliphatic rings. The Morgan fingerprint density at radius 2 is 1.32 bits per heavy atom. The zero-order valence-electron chi connectivity index (χ0n) is 21.0. The molecule has 1 aliphatic heterocycles. The van der Waals surface area contributed by atoms with E-state index in [-0.39, 0.29) is 22.6 Å². The minimum absolute atomic E-state index is 0.0220. The summed E-state index contributed by atoms with van der Waals surface area (Å²) in [6, 6.07) is 7.76. The van der Waals surface area contributed by atoms with Crippen molar-refractivity contribution in [3.05, 3.63) is 89.3 Å². The molecule has 0 saturated carbocycles. The van der Waals surface area contributed by atoms with E-state index in [0.717, 1.165) is 11.1 Å². The van der Waals surface area contributed by atoms with Gasteiger partial charge in [0.25, 0.3) is 0 Å². The number of benzene rings is 3. The molecule has 8 heteroatoms. The van der Waals surface area contributed by atoms with Gasteiger partial charge in [-0.25, -0.2) is 9.59 Å². The highest BCUT2D eigenvalue weighted by molar-refractivity contribution is 9.11. The number of aromatic carboxylic acids is 1. The average Bonchev–Trinajstić information content (AvgIpc) is 3.15. The Kier molecular flexibility index (Phi) is 7.45. The third-order valence-electron chi connectivity index (χ3n) is 7.14. The minimum Gasteiger partial charge on any atom is -0.508 e. The van der Waals surface area contributed by atoms with Crippen LogP contribution < -0.4 is 0 Å². The molecule has 37 heavy (non-hydrogen) atoms. The number of halogens is 2. The minimum atomic E-state index is -1.54. The number of hydrogen-bond donors (Lipinski definition) is 3. The highest BCUT2D eigenvalue weighted by Gasteiger charge is 2.53. The molecular weight excluding hydrogens is 604 g/mol. The number of aromatic hydroxyl groups is 2. The van der Waals surface area contributed by atoms with Crippen LogP contribution in [0.1, 0.15) is 87.4 Å². The molecular formula is C29H28Br2O6. The SMILES string of the molecule is CCc1cc(O)c(CC)c(Br)c1C1(c2c(CC)cc(O)c(CC)c2Br)OC(=O)c2ccc(C(=O)O)cc21. The number of esters is 1. The number of rotatable bonds is 7. The van der Waals surface area contributed by atoms with Crippen molar-refractivity contribution in [1.29, 1.82) is 0 Å². The molecule has 6 nitrogen and oxygen atoms in total. The van der Waals surface area contributed by atoms with E-state index >= 15 is 0 Å². The Morgan fingerprint density at radius 3 is 1.73 bits per heavy atom. The Hall–Kier alpha value is -2.84. The molecule has 0 aromatic heterocycles. The van der Waals surface area contributed by atoms with Gasteiger partial charge in [0, 0.05) is 36.8 Å². The fourth-order valence-electron chi connectivity index (χ4n) is 5.34. The number of phenols is 2. The Balaban J connectivity index is 2.32. The van der Waals surface area contributed by atoms with Crippen molar-refractivity contribution in [2.45, 2.75) is 59.0 Å². The van der Waals surface area contributed by atoms with E-state index in [9.17, 15) is 24.9 Å². The van der Waals surface area contributed by atoms with Crippen LogP contribution in [0.2, 0.25) is 0 Å². The summed E-state index contributed by atoms with van der Waals surface area (Å²) in [5.74, 6) is -1.44. The summed E-state index contributed by atoms with van der Waals surface area (Å²) in [5.41, 5.74) is 3.18. The monoisotopic (exact) mass is 630 g/mol. The molecule has 0 saturated heterocycles. The van der Waals surface area contributed by atoms with Gasteiger partial charge in [0.1, 0.15) is 11.5 Å². The van der Waals surface area contributed by atoms with Gasteiger partial charge >= 0.3 is 11.9 Å². The Bertz CT molecular complexity index is 1380. The molecule has 0 unspecified atom stereocenters. The summed E-state index contributed by atoms with van der Waals surface area (Å²) < 4.78 is 7.58. The van der Waals surface area contributed by atoms with Crippen LogP contribution in [0.25, 0.3) is 0 Å². The molecule has 0 aliphatic carbocycles. The van der Waals surface area contributed by atoms with Crippen LogP contribution in [0.15, 0.2) is 39.3 Å². The highest BCUT2D eigenvalue weighted by atomic mass is 79.9. The second-order valence-electron chi connectivity index (χ2n) is 9.00. The molecule has 0 fully saturated rings. The predicted octanol–water partition coefficient (Wildman–Crippen LogP) is 7.03. The van der Waals surface area contributed by atoms with E-state index in [1.54, 1.807) is 12.1 Å². The summed E-state index contributed by atoms with van der Waals surface area (Å²) in [4.78, 5) is 25.5. The fourth-order valence-corrected chi connectivity index (χ4v) is 7.38. The summed E-state index contributed by atoms with van der Waals surface area (Å²) in [5, 5.41) is 31.4. The molecule has 0 bridgehead atoms. The van der Waals surface area contributed by atoms with Crippen LogP contribution in [0.4, 0.5) is 0 Å². The lowest BCUT2D eigenvalue weighted by atomic mass is 9.74. The summed E-state index contributed by atoms with van der Waals surface area (Å²) >= 11 is 7.47. The van der Waals surface area contributed by atoms with Crippen LogP contribution in [0.5, 0.6) is 11.5 Å². The van der Waals surface area contributed by atoms with Gasteiger partial charge < -0.3 is 20.1 Å². The summed E-state index contributed by atoms with van der Waals surface area (Å²) in [7, 11) is 0. The molecule has 1 heterocycles. The number of carbonyl (C=O) groups is 2. The van der Waals surface area contributed by atoms with E-state index in [0.29, 0.717) is 62.4 Å². The Morgan fingerprint density at radius 1 is 0.838 bits per heavy atom. The lowest BCUT2D eigenvalue weighted by molar-refractivity contribution is 0.0242. The topological polar surface area (TPSA) is 104 Å². The summed E-state index contributed by atoms with van der Waals surface area (Å²) in [6.45, 7) is 7.73. The molecule has 0 amide bonds. The lowest BCUT2D eigenvalue weighted by Crippen LogP contribution is -2.34. The van der Waals surface area contributed by atoms with E-state index in [1.807, 2.05) is 27.7 Å². The van der Waals surface area contributed by atoms with Crippen LogP contribution in [0.3, 0.4) is 0 Å². The van der Waals surface area contributed by atoms with Gasteiger partial charge in [-0.3, -0.25) is 0 Å². The van der Waals surface area contributed by atoms with Crippen molar-refractivity contribution < 1.29 is 29.6 Å². The maximum absolute atomic E-state index is 13.5. The number of ether oxygens (including phenoxy) is 1. The van der Waals surface area contributed by atoms with E-state index in [1.165, 1.54) is 18.2 Å². The number of aryl methyl sites for hydroxylation is 2. The predicted molar refractivity (Wildman–Crippen MR) is 148 cm³/mol. The first kappa shape index (κ1) is 27.2. The molecule has 4 rings (SSSR count). The first-order valence-corrected chi connectivity index (χ1v) is 13.8. The van der Waals surface area contributed by atoms with Gasteiger partial charge in [-0.1, -0.05) is 27.7 Å². The van der Waals surface area contributed by atoms with Crippen LogP contribution in [0, 0.1) is 0 Å². The van der Waals surface area contributed by atoms with Crippen molar-refractivity contribution in [1.82, 2.24) is 0 Å². The molecule has 3 aromatic carbocycles. The third kappa shape index (κ3) is 4.05. The fraction of sp³-hybridized carbons (Fsp3) is 0.310. The number of carboxylic acid groups (broad SMARTS) is 1. The maximum atomic E-state index is 13.5. The zero-order valence-corrected chi connectivity index (χ0v) is 24.2. The van der Waals surface area contributed by atoms with Gasteiger partial charge in [-0.05, 0) is 99.0 Å². The largest absolute Gasteiger partial charge is 0.508 e. The van der Waals surface area contributed by atoms with Crippen LogP contribution in [-0.4, -0.2) is 27.3 Å². The smallest absolute Gasteiger partial charge is 0.340 e. The van der Waals surface area contributed by atoms with Gasteiger partial charge in [0.05, 0.1) is 11.1 Å². The average molecular weight is 632 g/mol. The van der Waals surface area contributed by atoms with Gasteiger partial charge in [-0.2, -0.15) is 0 Å². The molecule has 0 atom stereocenters. The zero-order chi connectivity index (χ0) is 27.2. The second-order valence-corrected chi connectivity index (χ2v) is 10.6. The van der Waals surface area contributed by atoms with Crippen LogP contribution >= 0.6 is 31.9 Å². The number of hydrogen-bond acceptors (Lipinski definition) is 5. The van der Waals surface area contributed by atoms with Crippen molar-refractivity contribution in [2.75, 3.05) is 0 Å². The van der Waals surface area contributed by atoms with Gasteiger partial charge in [-0.15, -0.1) is 0 Å². The van der Waals surface area contributed by atoms with Crippen molar-refractivity contribution in [3.63, 3.8) is 0 Å². The van der Waals surface area contributed by atoms with Crippen molar-refractivity contribution in [3.8, 4) is 11.5 Å². The van der Waals surface area contributed by atoms with E-state index in [4.69, 9.17) is 4.74 Å².